The summed E-state index contributed by atoms with van der Waals surface area (Å²) in [7, 11) is 1.38. The molecule has 0 fully saturated rings. The first-order chi connectivity index (χ1) is 7.74. The van der Waals surface area contributed by atoms with Crippen LogP contribution in [0, 0.1) is 0 Å². The average Bonchev–Trinajstić information content (AvgIpc) is 2.34. The number of halogens is 2. The molecule has 0 aliphatic carbocycles. The van der Waals surface area contributed by atoms with Crippen molar-refractivity contribution in [2.45, 2.75) is 18.7 Å². The molecule has 0 saturated heterocycles. The minimum Gasteiger partial charge on any atom is -0.465 e. The maximum atomic E-state index is 11.5. The number of hydrogen-bond acceptors (Lipinski definition) is 2. The van der Waals surface area contributed by atoms with Gasteiger partial charge in [-0.05, 0) is 30.0 Å². The number of ether oxygens (including phenoxy) is 1. The molecule has 1 aromatic carbocycles. The highest BCUT2D eigenvalue weighted by Crippen LogP contribution is 2.20. The number of carbonyl (C=O) groups excluding carboxylic acids is 1. The van der Waals surface area contributed by atoms with E-state index in [-0.39, 0.29) is 5.97 Å². The van der Waals surface area contributed by atoms with Gasteiger partial charge in [-0.25, -0.2) is 4.79 Å². The quantitative estimate of drug-likeness (QED) is 0.614. The lowest BCUT2D eigenvalue weighted by Gasteiger charge is -2.10. The number of carbonyl (C=O) groups is 1. The van der Waals surface area contributed by atoms with E-state index < -0.39 is 0 Å². The van der Waals surface area contributed by atoms with Crippen molar-refractivity contribution >= 4 is 33.5 Å². The first kappa shape index (κ1) is 13.5. The summed E-state index contributed by atoms with van der Waals surface area (Å²) in [5, 5.41) is 0.942. The second kappa shape index (κ2) is 6.92. The topological polar surface area (TPSA) is 26.3 Å². The smallest absolute Gasteiger partial charge is 0.338 e. The van der Waals surface area contributed by atoms with Crippen LogP contribution in [0.2, 0.25) is 0 Å². The fourth-order valence-electron chi connectivity index (χ4n) is 1.59. The molecule has 0 amide bonds. The van der Waals surface area contributed by atoms with Crippen molar-refractivity contribution in [1.82, 2.24) is 0 Å². The van der Waals surface area contributed by atoms with Gasteiger partial charge in [-0.15, -0.1) is 11.6 Å². The van der Waals surface area contributed by atoms with Crippen molar-refractivity contribution in [2.75, 3.05) is 12.4 Å². The zero-order valence-electron chi connectivity index (χ0n) is 9.13. The Labute approximate surface area is 109 Å². The lowest BCUT2D eigenvalue weighted by molar-refractivity contribution is 0.0599. The van der Waals surface area contributed by atoms with E-state index in [1.807, 2.05) is 12.1 Å². The number of hydrogen-bond donors (Lipinski definition) is 0. The highest BCUT2D eigenvalue weighted by atomic mass is 79.9. The number of aryl methyl sites for hydroxylation is 1. The van der Waals surface area contributed by atoms with Crippen LogP contribution in [-0.4, -0.2) is 18.4 Å². The van der Waals surface area contributed by atoms with Crippen molar-refractivity contribution in [3.8, 4) is 0 Å². The maximum absolute atomic E-state index is 11.5. The minimum absolute atomic E-state index is 0.323. The maximum Gasteiger partial charge on any atom is 0.338 e. The Balaban J connectivity index is 3.05. The molecule has 0 spiro atoms. The van der Waals surface area contributed by atoms with Crippen LogP contribution in [0.5, 0.6) is 0 Å². The number of rotatable bonds is 5. The molecule has 0 bridgehead atoms. The van der Waals surface area contributed by atoms with Gasteiger partial charge in [-0.2, -0.15) is 0 Å². The van der Waals surface area contributed by atoms with Gasteiger partial charge in [0, 0.05) is 11.2 Å². The van der Waals surface area contributed by atoms with Crippen molar-refractivity contribution in [3.05, 3.63) is 34.9 Å². The highest BCUT2D eigenvalue weighted by Gasteiger charge is 2.13. The predicted octanol–water partition coefficient (Wildman–Crippen LogP) is 3.54. The fraction of sp³-hybridized carbons (Fsp3) is 0.417. The summed E-state index contributed by atoms with van der Waals surface area (Å²) in [5.41, 5.74) is 2.58. The van der Waals surface area contributed by atoms with Gasteiger partial charge in [0.15, 0.2) is 0 Å². The highest BCUT2D eigenvalue weighted by molar-refractivity contribution is 9.09. The van der Waals surface area contributed by atoms with E-state index in [0.29, 0.717) is 11.4 Å². The molecule has 0 aliphatic rings. The van der Waals surface area contributed by atoms with Crippen molar-refractivity contribution in [1.29, 1.82) is 0 Å². The molecule has 1 aromatic rings. The van der Waals surface area contributed by atoms with Crippen LogP contribution in [0.1, 0.15) is 27.9 Å². The Morgan fingerprint density at radius 1 is 1.50 bits per heavy atom. The van der Waals surface area contributed by atoms with Gasteiger partial charge in [0.25, 0.3) is 0 Å². The van der Waals surface area contributed by atoms with Crippen LogP contribution in [0.3, 0.4) is 0 Å². The molecule has 0 heterocycles. The lowest BCUT2D eigenvalue weighted by Crippen LogP contribution is -2.07. The van der Waals surface area contributed by atoms with E-state index in [0.717, 1.165) is 29.3 Å². The first-order valence-corrected chi connectivity index (χ1v) is 6.71. The SMILES string of the molecule is COC(=O)c1cccc(CCCBr)c1CCl. The van der Waals surface area contributed by atoms with Crippen LogP contribution in [0.15, 0.2) is 18.2 Å². The van der Waals surface area contributed by atoms with Crippen LogP contribution in [0.4, 0.5) is 0 Å². The van der Waals surface area contributed by atoms with E-state index in [2.05, 4.69) is 15.9 Å². The molecule has 0 aromatic heterocycles. The molecule has 2 nitrogen and oxygen atoms in total. The van der Waals surface area contributed by atoms with Crippen molar-refractivity contribution < 1.29 is 9.53 Å². The monoisotopic (exact) mass is 304 g/mol. The van der Waals surface area contributed by atoms with Gasteiger partial charge in [0.2, 0.25) is 0 Å². The Morgan fingerprint density at radius 2 is 2.25 bits per heavy atom. The lowest BCUT2D eigenvalue weighted by atomic mass is 9.99. The summed E-state index contributed by atoms with van der Waals surface area (Å²) < 4.78 is 4.73. The largest absolute Gasteiger partial charge is 0.465 e. The summed E-state index contributed by atoms with van der Waals surface area (Å²) in [6.45, 7) is 0. The van der Waals surface area contributed by atoms with Gasteiger partial charge < -0.3 is 4.74 Å². The molecular weight excluding hydrogens is 291 g/mol. The Bertz CT molecular complexity index is 366. The van der Waals surface area contributed by atoms with Gasteiger partial charge in [0.1, 0.15) is 0 Å². The van der Waals surface area contributed by atoms with Crippen LogP contribution < -0.4 is 0 Å². The van der Waals surface area contributed by atoms with E-state index in [9.17, 15) is 4.79 Å². The van der Waals surface area contributed by atoms with Crippen molar-refractivity contribution in [2.24, 2.45) is 0 Å². The third kappa shape index (κ3) is 3.22. The third-order valence-electron chi connectivity index (χ3n) is 2.39. The molecule has 0 atom stereocenters. The Hall–Kier alpha value is -0.540. The number of methoxy groups -OCH3 is 1. The van der Waals surface area contributed by atoms with Gasteiger partial charge in [0.05, 0.1) is 12.7 Å². The van der Waals surface area contributed by atoms with Gasteiger partial charge >= 0.3 is 5.97 Å². The molecule has 0 aliphatic heterocycles. The standard InChI is InChI=1S/C12H14BrClO2/c1-16-12(15)10-6-2-4-9(5-3-7-13)11(10)8-14/h2,4,6H,3,5,7-8H2,1H3. The summed E-state index contributed by atoms with van der Waals surface area (Å²) in [6.07, 6.45) is 1.94. The molecule has 16 heavy (non-hydrogen) atoms. The van der Waals surface area contributed by atoms with E-state index in [1.165, 1.54) is 7.11 Å². The van der Waals surface area contributed by atoms with Crippen LogP contribution in [-0.2, 0) is 17.0 Å². The normalized spacial score (nSPS) is 10.2. The molecular formula is C12H14BrClO2. The first-order valence-electron chi connectivity index (χ1n) is 5.05. The Morgan fingerprint density at radius 3 is 2.81 bits per heavy atom. The second-order valence-corrected chi connectivity index (χ2v) is 4.42. The number of benzene rings is 1. The summed E-state index contributed by atoms with van der Waals surface area (Å²) >= 11 is 9.29. The Kier molecular flexibility index (Phi) is 5.85. The second-order valence-electron chi connectivity index (χ2n) is 3.36. The molecule has 88 valence electrons. The average molecular weight is 306 g/mol. The van der Waals surface area contributed by atoms with Gasteiger partial charge in [-0.3, -0.25) is 0 Å². The number of esters is 1. The molecule has 0 unspecified atom stereocenters. The predicted molar refractivity (Wildman–Crippen MR) is 69.5 cm³/mol. The molecule has 0 radical (unpaired) electrons. The number of alkyl halides is 2. The fourth-order valence-corrected chi connectivity index (χ4v) is 2.18. The summed E-state index contributed by atoms with van der Waals surface area (Å²) in [4.78, 5) is 11.5. The van der Waals surface area contributed by atoms with Crippen LogP contribution in [0.25, 0.3) is 0 Å². The molecule has 4 heteroatoms. The van der Waals surface area contributed by atoms with E-state index in [1.54, 1.807) is 6.07 Å². The third-order valence-corrected chi connectivity index (χ3v) is 3.22. The van der Waals surface area contributed by atoms with E-state index >= 15 is 0 Å². The summed E-state index contributed by atoms with van der Waals surface area (Å²) in [5.74, 6) is 0.0134. The zero-order chi connectivity index (χ0) is 12.0. The van der Waals surface area contributed by atoms with Crippen LogP contribution >= 0.6 is 27.5 Å². The molecule has 0 N–H and O–H groups in total. The van der Waals surface area contributed by atoms with Crippen molar-refractivity contribution in [3.63, 3.8) is 0 Å². The summed E-state index contributed by atoms with van der Waals surface area (Å²) in [6, 6.07) is 5.62. The van der Waals surface area contributed by atoms with E-state index in [4.69, 9.17) is 16.3 Å². The minimum atomic E-state index is -0.323. The molecule has 1 rings (SSSR count). The zero-order valence-corrected chi connectivity index (χ0v) is 11.5. The van der Waals surface area contributed by atoms with Gasteiger partial charge in [-0.1, -0.05) is 28.1 Å². The molecule has 0 saturated carbocycles.